The van der Waals surface area contributed by atoms with Crippen LogP contribution in [-0.4, -0.2) is 24.7 Å². The lowest BCUT2D eigenvalue weighted by molar-refractivity contribution is 0.0526. The van der Waals surface area contributed by atoms with Gasteiger partial charge in [0.15, 0.2) is 11.6 Å². The number of benzene rings is 1. The Hall–Kier alpha value is -1.41. The minimum atomic E-state index is -0.503. The van der Waals surface area contributed by atoms with Crippen LogP contribution in [0.1, 0.15) is 17.3 Å². The van der Waals surface area contributed by atoms with Crippen LogP contribution in [-0.2, 0) is 4.74 Å². The molecule has 2 rings (SSSR count). The predicted molar refractivity (Wildman–Crippen MR) is 89.9 cm³/mol. The van der Waals surface area contributed by atoms with E-state index in [1.54, 1.807) is 13.0 Å². The highest BCUT2D eigenvalue weighted by Crippen LogP contribution is 2.33. The number of carbonyl (C=O) groups excluding carboxylic acids is 1. The van der Waals surface area contributed by atoms with E-state index in [1.165, 1.54) is 25.4 Å². The normalized spacial score (nSPS) is 10.4. The fourth-order valence-corrected chi connectivity index (χ4v) is 2.96. The number of methoxy groups -OCH3 is 1. The van der Waals surface area contributed by atoms with Gasteiger partial charge in [-0.2, -0.15) is 0 Å². The summed E-state index contributed by atoms with van der Waals surface area (Å²) in [6, 6.07) is 4.46. The Morgan fingerprint density at radius 1 is 1.41 bits per heavy atom. The topological polar surface area (TPSA) is 48.4 Å². The molecule has 0 aliphatic carbocycles. The molecule has 4 nitrogen and oxygen atoms in total. The molecule has 0 unspecified atom stereocenters. The van der Waals surface area contributed by atoms with Gasteiger partial charge in [-0.15, -0.1) is 0 Å². The molecule has 0 saturated carbocycles. The molecule has 2 aromatic rings. The number of hydrogen-bond acceptors (Lipinski definition) is 4. The number of pyridine rings is 1. The molecule has 0 aliphatic rings. The standard InChI is InChI=1S/C15H12ClFINO3/c1-3-22-15(20)9-4-10(16)13(19-7-9)8-5-11(17)14(21-2)12(18)6-8/h4-7H,3H2,1-2H3. The fourth-order valence-electron chi connectivity index (χ4n) is 1.87. The number of hydrogen-bond donors (Lipinski definition) is 0. The maximum Gasteiger partial charge on any atom is 0.339 e. The van der Waals surface area contributed by atoms with Crippen LogP contribution in [0.15, 0.2) is 24.4 Å². The van der Waals surface area contributed by atoms with E-state index in [-0.39, 0.29) is 22.9 Å². The van der Waals surface area contributed by atoms with Crippen LogP contribution in [0.4, 0.5) is 4.39 Å². The van der Waals surface area contributed by atoms with Gasteiger partial charge in [-0.25, -0.2) is 9.18 Å². The Morgan fingerprint density at radius 3 is 2.68 bits per heavy atom. The van der Waals surface area contributed by atoms with Crippen LogP contribution in [0.2, 0.25) is 5.02 Å². The van der Waals surface area contributed by atoms with Crippen LogP contribution < -0.4 is 4.74 Å². The Kier molecular flexibility index (Phi) is 5.57. The summed E-state index contributed by atoms with van der Waals surface area (Å²) in [5.74, 6) is -0.834. The van der Waals surface area contributed by atoms with Gasteiger partial charge < -0.3 is 9.47 Å². The summed E-state index contributed by atoms with van der Waals surface area (Å²) in [7, 11) is 1.40. The van der Waals surface area contributed by atoms with Gasteiger partial charge in [-0.3, -0.25) is 4.98 Å². The van der Waals surface area contributed by atoms with E-state index >= 15 is 0 Å². The van der Waals surface area contributed by atoms with Crippen molar-refractivity contribution in [3.63, 3.8) is 0 Å². The highest BCUT2D eigenvalue weighted by atomic mass is 127. The Balaban J connectivity index is 2.44. The van der Waals surface area contributed by atoms with Crippen LogP contribution in [0.3, 0.4) is 0 Å². The Labute approximate surface area is 145 Å². The van der Waals surface area contributed by atoms with Crippen LogP contribution in [0, 0.1) is 9.39 Å². The molecule has 1 aromatic heterocycles. The van der Waals surface area contributed by atoms with Crippen molar-refractivity contribution >= 4 is 40.2 Å². The van der Waals surface area contributed by atoms with Crippen molar-refractivity contribution in [3.05, 3.63) is 44.4 Å². The molecule has 0 atom stereocenters. The van der Waals surface area contributed by atoms with Gasteiger partial charge >= 0.3 is 5.97 Å². The summed E-state index contributed by atoms with van der Waals surface area (Å²) in [5, 5.41) is 0.242. The van der Waals surface area contributed by atoms with Gasteiger partial charge in [0.25, 0.3) is 0 Å². The highest BCUT2D eigenvalue weighted by Gasteiger charge is 2.15. The molecule has 0 amide bonds. The molecule has 0 fully saturated rings. The van der Waals surface area contributed by atoms with Crippen LogP contribution >= 0.6 is 34.2 Å². The van der Waals surface area contributed by atoms with Gasteiger partial charge in [0.1, 0.15) is 0 Å². The zero-order valence-corrected chi connectivity index (χ0v) is 14.7. The van der Waals surface area contributed by atoms with E-state index in [0.717, 1.165) is 0 Å². The summed E-state index contributed by atoms with van der Waals surface area (Å²) in [6.07, 6.45) is 1.36. The number of nitrogens with zero attached hydrogens (tertiary/aromatic N) is 1. The third kappa shape index (κ3) is 3.49. The second kappa shape index (κ2) is 7.23. The van der Waals surface area contributed by atoms with Gasteiger partial charge in [0, 0.05) is 11.8 Å². The molecule has 0 N–H and O–H groups in total. The molecule has 7 heteroatoms. The molecule has 0 saturated heterocycles. The van der Waals surface area contributed by atoms with Crippen LogP contribution in [0.5, 0.6) is 5.75 Å². The van der Waals surface area contributed by atoms with Gasteiger partial charge in [0.2, 0.25) is 0 Å². The molecule has 0 radical (unpaired) electrons. The first-order valence-corrected chi connectivity index (χ1v) is 7.79. The monoisotopic (exact) mass is 435 g/mol. The van der Waals surface area contributed by atoms with Crippen molar-refractivity contribution in [2.75, 3.05) is 13.7 Å². The van der Waals surface area contributed by atoms with E-state index in [2.05, 4.69) is 4.98 Å². The number of halogens is 3. The molecule has 1 aromatic carbocycles. The number of carbonyl (C=O) groups is 1. The van der Waals surface area contributed by atoms with Gasteiger partial charge in [0.05, 0.1) is 33.6 Å². The van der Waals surface area contributed by atoms with E-state index in [9.17, 15) is 9.18 Å². The average molecular weight is 436 g/mol. The van der Waals surface area contributed by atoms with Gasteiger partial charge in [-0.05, 0) is 47.7 Å². The maximum absolute atomic E-state index is 14.0. The molecule has 0 aliphatic heterocycles. The average Bonchev–Trinajstić information content (AvgIpc) is 2.47. The largest absolute Gasteiger partial charge is 0.493 e. The number of rotatable bonds is 4. The van der Waals surface area contributed by atoms with Crippen LogP contribution in [0.25, 0.3) is 11.3 Å². The fraction of sp³-hybridized carbons (Fsp3) is 0.200. The number of esters is 1. The summed E-state index contributed by atoms with van der Waals surface area (Å²) in [4.78, 5) is 15.8. The third-order valence-electron chi connectivity index (χ3n) is 2.83. The quantitative estimate of drug-likeness (QED) is 0.530. The molecule has 0 spiro atoms. The second-order valence-corrected chi connectivity index (χ2v) is 5.82. The van der Waals surface area contributed by atoms with Crippen molar-refractivity contribution in [2.45, 2.75) is 6.92 Å². The van der Waals surface area contributed by atoms with Crippen molar-refractivity contribution < 1.29 is 18.7 Å². The predicted octanol–water partition coefficient (Wildman–Crippen LogP) is 4.33. The number of ether oxygens (including phenoxy) is 2. The molecular formula is C15H12ClFINO3. The lowest BCUT2D eigenvalue weighted by Crippen LogP contribution is -2.05. The summed E-state index contributed by atoms with van der Waals surface area (Å²) < 4.78 is 24.4. The first kappa shape index (κ1) is 17.0. The highest BCUT2D eigenvalue weighted by molar-refractivity contribution is 14.1. The zero-order chi connectivity index (χ0) is 16.3. The maximum atomic E-state index is 14.0. The van der Waals surface area contributed by atoms with Crippen molar-refractivity contribution in [2.24, 2.45) is 0 Å². The summed E-state index contributed by atoms with van der Waals surface area (Å²) >= 11 is 8.13. The minimum absolute atomic E-state index is 0.170. The lowest BCUT2D eigenvalue weighted by Gasteiger charge is -2.10. The third-order valence-corrected chi connectivity index (χ3v) is 3.92. The Bertz CT molecular complexity index is 701. The van der Waals surface area contributed by atoms with Crippen molar-refractivity contribution in [1.29, 1.82) is 0 Å². The molecule has 116 valence electrons. The second-order valence-electron chi connectivity index (χ2n) is 4.25. The number of aromatic nitrogens is 1. The van der Waals surface area contributed by atoms with E-state index in [4.69, 9.17) is 21.1 Å². The lowest BCUT2D eigenvalue weighted by atomic mass is 10.1. The van der Waals surface area contributed by atoms with Gasteiger partial charge in [-0.1, -0.05) is 11.6 Å². The van der Waals surface area contributed by atoms with E-state index < -0.39 is 11.8 Å². The minimum Gasteiger partial charge on any atom is -0.493 e. The first-order valence-electron chi connectivity index (χ1n) is 6.34. The molecule has 1 heterocycles. The van der Waals surface area contributed by atoms with Crippen molar-refractivity contribution in [3.8, 4) is 17.0 Å². The Morgan fingerprint density at radius 2 is 2.14 bits per heavy atom. The summed E-state index contributed by atoms with van der Waals surface area (Å²) in [5.41, 5.74) is 1.14. The smallest absolute Gasteiger partial charge is 0.339 e. The molecule has 0 bridgehead atoms. The van der Waals surface area contributed by atoms with E-state index in [0.29, 0.717) is 14.8 Å². The first-order chi connectivity index (χ1) is 10.5. The molecule has 22 heavy (non-hydrogen) atoms. The zero-order valence-electron chi connectivity index (χ0n) is 11.8. The summed E-state index contributed by atoms with van der Waals surface area (Å²) in [6.45, 7) is 1.98. The van der Waals surface area contributed by atoms with Crippen molar-refractivity contribution in [1.82, 2.24) is 4.98 Å². The van der Waals surface area contributed by atoms with E-state index in [1.807, 2.05) is 22.6 Å². The molecular weight excluding hydrogens is 424 g/mol. The SMILES string of the molecule is CCOC(=O)c1cnc(-c2cc(F)c(OC)c(I)c2)c(Cl)c1.